The van der Waals surface area contributed by atoms with Gasteiger partial charge in [0.1, 0.15) is 6.09 Å². The summed E-state index contributed by atoms with van der Waals surface area (Å²) >= 11 is 0. The summed E-state index contributed by atoms with van der Waals surface area (Å²) in [5, 5.41) is 11.0. The number of hydrogen-bond acceptors (Lipinski definition) is 3. The molecule has 0 spiro atoms. The molecule has 1 atom stereocenters. The van der Waals surface area contributed by atoms with Crippen LogP contribution in [0.2, 0.25) is 0 Å². The first-order valence-electron chi connectivity index (χ1n) is 5.35. The summed E-state index contributed by atoms with van der Waals surface area (Å²) in [5.41, 5.74) is -0.759. The van der Waals surface area contributed by atoms with E-state index in [0.29, 0.717) is 4.90 Å². The Morgan fingerprint density at radius 3 is 2.18 bits per heavy atom. The summed E-state index contributed by atoms with van der Waals surface area (Å²) in [4.78, 5) is 12.3. The van der Waals surface area contributed by atoms with Crippen LogP contribution in [0.4, 0.5) is 18.0 Å². The lowest BCUT2D eigenvalue weighted by Crippen LogP contribution is -2.57. The van der Waals surface area contributed by atoms with Crippen molar-refractivity contribution in [1.82, 2.24) is 9.80 Å². The van der Waals surface area contributed by atoms with Crippen molar-refractivity contribution in [3.05, 3.63) is 0 Å². The molecule has 1 aliphatic rings. The van der Waals surface area contributed by atoms with Gasteiger partial charge in [0.05, 0.1) is 0 Å². The molecule has 4 nitrogen and oxygen atoms in total. The van der Waals surface area contributed by atoms with Gasteiger partial charge < -0.3 is 14.8 Å². The molecule has 0 radical (unpaired) electrons. The highest BCUT2D eigenvalue weighted by molar-refractivity contribution is 5.64. The Morgan fingerprint density at radius 2 is 1.88 bits per heavy atom. The van der Waals surface area contributed by atoms with Crippen LogP contribution in [0.25, 0.3) is 0 Å². The number of alkyl halides is 3. The van der Waals surface area contributed by atoms with Crippen LogP contribution in [-0.4, -0.2) is 46.9 Å². The van der Waals surface area contributed by atoms with Crippen molar-refractivity contribution < 1.29 is 23.1 Å². The van der Waals surface area contributed by atoms with Crippen molar-refractivity contribution >= 4 is 6.09 Å². The summed E-state index contributed by atoms with van der Waals surface area (Å²) in [7, 11) is 0. The summed E-state index contributed by atoms with van der Waals surface area (Å²) in [6, 6.07) is -0.665. The highest BCUT2D eigenvalue weighted by Crippen LogP contribution is 2.30. The lowest BCUT2D eigenvalue weighted by atomic mass is 10.0. The number of likely N-dealkylation sites (tertiary alicyclic amines) is 1. The van der Waals surface area contributed by atoms with Crippen LogP contribution in [-0.2, 0) is 0 Å². The zero-order valence-corrected chi connectivity index (χ0v) is 10.0. The molecule has 1 rings (SSSR count). The van der Waals surface area contributed by atoms with Crippen molar-refractivity contribution in [3.8, 4) is 0 Å². The van der Waals surface area contributed by atoms with E-state index in [1.807, 2.05) is 0 Å². The second kappa shape index (κ2) is 4.36. The average Bonchev–Trinajstić information content (AvgIpc) is 2.47. The van der Waals surface area contributed by atoms with Crippen molar-refractivity contribution in [2.75, 3.05) is 13.1 Å². The maximum Gasteiger partial charge on any atom is 0.459 e. The Balaban J connectivity index is 2.78. The Bertz CT molecular complexity index is 299. The van der Waals surface area contributed by atoms with E-state index in [0.717, 1.165) is 4.90 Å². The number of nitrogens with zero attached hydrogens (tertiary/aromatic N) is 2. The number of amides is 1. The third kappa shape index (κ3) is 3.24. The predicted molar refractivity (Wildman–Crippen MR) is 53.0 cm³/mol. The molecule has 1 unspecified atom stereocenters. The van der Waals surface area contributed by atoms with Crippen LogP contribution in [0.15, 0.2) is 0 Å². The number of carboxylic acid groups (broad SMARTS) is 1. The van der Waals surface area contributed by atoms with Gasteiger partial charge in [-0.05, 0) is 27.2 Å². The number of hydrogen-bond donors (Lipinski definition) is 0. The van der Waals surface area contributed by atoms with Gasteiger partial charge in [-0.1, -0.05) is 0 Å². The number of carbonyl (C=O) groups excluding carboxylic acids is 1. The van der Waals surface area contributed by atoms with Gasteiger partial charge in [0.15, 0.2) is 0 Å². The van der Waals surface area contributed by atoms with Crippen molar-refractivity contribution in [2.45, 2.75) is 45.1 Å². The van der Waals surface area contributed by atoms with Crippen LogP contribution in [0.3, 0.4) is 0 Å². The molecule has 0 aromatic heterocycles. The van der Waals surface area contributed by atoms with E-state index in [-0.39, 0.29) is 19.5 Å². The van der Waals surface area contributed by atoms with Gasteiger partial charge in [-0.15, -0.1) is 0 Å². The molecule has 1 aliphatic heterocycles. The molecule has 0 N–H and O–H groups in total. The maximum absolute atomic E-state index is 12.4. The third-order valence-electron chi connectivity index (χ3n) is 2.81. The van der Waals surface area contributed by atoms with Crippen LogP contribution in [0, 0.1) is 0 Å². The van der Waals surface area contributed by atoms with E-state index >= 15 is 0 Å². The molecule has 1 heterocycles. The first-order valence-corrected chi connectivity index (χ1v) is 5.35. The summed E-state index contributed by atoms with van der Waals surface area (Å²) < 4.78 is 37.3. The largest absolute Gasteiger partial charge is 0.530 e. The maximum atomic E-state index is 12.4. The normalized spacial score (nSPS) is 22.8. The average molecular weight is 253 g/mol. The summed E-state index contributed by atoms with van der Waals surface area (Å²) in [5.74, 6) is 0. The van der Waals surface area contributed by atoms with Gasteiger partial charge in [0.25, 0.3) is 0 Å². The molecule has 1 amide bonds. The van der Waals surface area contributed by atoms with E-state index in [9.17, 15) is 23.1 Å². The first-order chi connectivity index (χ1) is 7.53. The van der Waals surface area contributed by atoms with E-state index in [1.165, 1.54) is 0 Å². The predicted octanol–water partition coefficient (Wildman–Crippen LogP) is 1.02. The first kappa shape index (κ1) is 14.1. The Hall–Kier alpha value is -0.980. The lowest BCUT2D eigenvalue weighted by molar-refractivity contribution is -0.275. The van der Waals surface area contributed by atoms with Crippen LogP contribution >= 0.6 is 0 Å². The second-order valence-electron chi connectivity index (χ2n) is 5.16. The molecule has 100 valence electrons. The fourth-order valence-corrected chi connectivity index (χ4v) is 2.15. The van der Waals surface area contributed by atoms with Crippen LogP contribution in [0.1, 0.15) is 27.2 Å². The van der Waals surface area contributed by atoms with Gasteiger partial charge >= 0.3 is 6.30 Å². The summed E-state index contributed by atoms with van der Waals surface area (Å²) in [6.45, 7) is 4.42. The summed E-state index contributed by atoms with van der Waals surface area (Å²) in [6.07, 6.45) is -5.65. The number of rotatable bonds is 1. The minimum Gasteiger partial charge on any atom is -0.530 e. The van der Waals surface area contributed by atoms with Crippen LogP contribution in [0.5, 0.6) is 0 Å². The molecule has 1 saturated heterocycles. The molecule has 0 aliphatic carbocycles. The highest BCUT2D eigenvalue weighted by Gasteiger charge is 2.44. The Morgan fingerprint density at radius 1 is 1.35 bits per heavy atom. The molecule has 1 fully saturated rings. The quantitative estimate of drug-likeness (QED) is 0.656. The zero-order valence-electron chi connectivity index (χ0n) is 10.0. The second-order valence-corrected chi connectivity index (χ2v) is 5.16. The van der Waals surface area contributed by atoms with Crippen molar-refractivity contribution in [3.63, 3.8) is 0 Å². The monoisotopic (exact) mass is 253 g/mol. The molecule has 0 aromatic rings. The van der Waals surface area contributed by atoms with E-state index in [4.69, 9.17) is 0 Å². The third-order valence-corrected chi connectivity index (χ3v) is 2.81. The van der Waals surface area contributed by atoms with Gasteiger partial charge in [0.2, 0.25) is 0 Å². The fraction of sp³-hybridized carbons (Fsp3) is 0.900. The number of halogens is 3. The highest BCUT2D eigenvalue weighted by atomic mass is 19.4. The molecule has 17 heavy (non-hydrogen) atoms. The molecule has 0 aromatic carbocycles. The Kier molecular flexibility index (Phi) is 3.61. The Labute approximate surface area is 98.0 Å². The molecule has 0 saturated carbocycles. The smallest absolute Gasteiger partial charge is 0.459 e. The lowest BCUT2D eigenvalue weighted by Gasteiger charge is -2.42. The molecule has 7 heteroatoms. The van der Waals surface area contributed by atoms with E-state index < -0.39 is 24.0 Å². The fourth-order valence-electron chi connectivity index (χ4n) is 2.15. The minimum atomic E-state index is -4.40. The van der Waals surface area contributed by atoms with Gasteiger partial charge in [-0.2, -0.15) is 13.2 Å². The van der Waals surface area contributed by atoms with Crippen molar-refractivity contribution in [2.24, 2.45) is 0 Å². The van der Waals surface area contributed by atoms with Gasteiger partial charge in [-0.25, -0.2) is 4.90 Å². The van der Waals surface area contributed by atoms with E-state index in [2.05, 4.69) is 0 Å². The zero-order chi connectivity index (χ0) is 13.4. The molecular weight excluding hydrogens is 237 g/mol. The van der Waals surface area contributed by atoms with Crippen molar-refractivity contribution in [1.29, 1.82) is 0 Å². The van der Waals surface area contributed by atoms with E-state index in [1.54, 1.807) is 20.8 Å². The van der Waals surface area contributed by atoms with Gasteiger partial charge in [-0.3, -0.25) is 0 Å². The van der Waals surface area contributed by atoms with Crippen LogP contribution < -0.4 is 5.11 Å². The molecule has 0 bridgehead atoms. The SMILES string of the molecule is CC(C)(C)N(C(=O)[O-])C1CCN(C(F)(F)F)C1. The standard InChI is InChI=1S/C10H17F3N2O2/c1-9(2,3)15(8(16)17)7-4-5-14(6-7)10(11,12)13/h7H,4-6H2,1-3H3,(H,16,17)/p-1. The van der Waals surface area contributed by atoms with Gasteiger partial charge in [0, 0.05) is 24.7 Å². The topological polar surface area (TPSA) is 46.6 Å². The number of carbonyl (C=O) groups is 1. The minimum absolute atomic E-state index is 0.171. The molecular formula is C10H16F3N2O2-.